The monoisotopic (exact) mass is 793 g/mol. The summed E-state index contributed by atoms with van der Waals surface area (Å²) in [7, 11) is 8.57. The van der Waals surface area contributed by atoms with Crippen molar-refractivity contribution in [2.24, 2.45) is 11.3 Å². The normalized spacial score (nSPS) is 35.8. The lowest BCUT2D eigenvalue weighted by Gasteiger charge is -2.63. The number of carbonyl (C=O) groups excluding carboxylic acids is 3. The van der Waals surface area contributed by atoms with Gasteiger partial charge in [0.2, 0.25) is 5.60 Å². The van der Waals surface area contributed by atoms with Crippen molar-refractivity contribution in [3.63, 3.8) is 0 Å². The first-order valence-electron chi connectivity index (χ1n) is 20.8. The van der Waals surface area contributed by atoms with Gasteiger partial charge in [0.15, 0.2) is 6.10 Å². The van der Waals surface area contributed by atoms with Gasteiger partial charge in [-0.1, -0.05) is 50.3 Å². The van der Waals surface area contributed by atoms with E-state index in [0.717, 1.165) is 63.9 Å². The van der Waals surface area contributed by atoms with Crippen molar-refractivity contribution in [3.05, 3.63) is 82.6 Å². The number of aromatic amines is 1. The third-order valence-electron chi connectivity index (χ3n) is 15.3. The summed E-state index contributed by atoms with van der Waals surface area (Å²) in [6, 6.07) is 11.2. The first-order valence-corrected chi connectivity index (χ1v) is 20.8. The van der Waals surface area contributed by atoms with Crippen LogP contribution < -0.4 is 9.64 Å². The molecule has 1 saturated heterocycles. The zero-order valence-electron chi connectivity index (χ0n) is 35.0. The van der Waals surface area contributed by atoms with Crippen molar-refractivity contribution in [2.75, 3.05) is 66.5 Å². The summed E-state index contributed by atoms with van der Waals surface area (Å²) in [6.45, 7) is 9.43. The van der Waals surface area contributed by atoms with Crippen molar-refractivity contribution < 1.29 is 42.9 Å². The number of quaternary nitrogens is 1. The summed E-state index contributed by atoms with van der Waals surface area (Å²) in [4.78, 5) is 50.8. The van der Waals surface area contributed by atoms with Gasteiger partial charge < -0.3 is 38.4 Å². The molecule has 308 valence electrons. The number of fused-ring (bicyclic) bond motifs is 6. The van der Waals surface area contributed by atoms with E-state index < -0.39 is 45.9 Å². The van der Waals surface area contributed by atoms with Gasteiger partial charge in [-0.25, -0.2) is 4.79 Å². The molecule has 58 heavy (non-hydrogen) atoms. The Morgan fingerprint density at radius 2 is 1.78 bits per heavy atom. The number of aromatic nitrogens is 1. The van der Waals surface area contributed by atoms with Crippen LogP contribution in [0.4, 0.5) is 5.69 Å². The average molecular weight is 794 g/mol. The predicted octanol–water partition coefficient (Wildman–Crippen LogP) is 4.90. The Kier molecular flexibility index (Phi) is 8.83. The zero-order valence-corrected chi connectivity index (χ0v) is 35.0. The number of anilines is 1. The number of likely N-dealkylation sites (N-methyl/N-ethyl adjacent to an activating group) is 2. The molecule has 0 amide bonds. The van der Waals surface area contributed by atoms with E-state index >= 15 is 4.79 Å². The molecule has 1 aliphatic carbocycles. The summed E-state index contributed by atoms with van der Waals surface area (Å²) in [5.74, 6) is -1.28. The molecule has 2 bridgehead atoms. The molecular weight excluding hydrogens is 737 g/mol. The summed E-state index contributed by atoms with van der Waals surface area (Å²) in [5, 5.41) is 14.4. The van der Waals surface area contributed by atoms with E-state index in [1.54, 1.807) is 7.11 Å². The number of para-hydroxylation sites is 1. The number of aliphatic hydroxyl groups is 1. The fourth-order valence-electron chi connectivity index (χ4n) is 13.4. The van der Waals surface area contributed by atoms with Crippen LogP contribution in [0.2, 0.25) is 0 Å². The van der Waals surface area contributed by atoms with Gasteiger partial charge in [-0.05, 0) is 55.5 Å². The SMILES string of the molecule is CCC1=CC2C[C@](C(=O)OC)(c3cc4c(cc3OC)N(C)[C@H]3[C@@](O)(C(=O)OC)[C@H](OC(C)=O)[C@]5(CC)C=CCN6CC[C@]43[C@@H]65)c3[nH]c4ccccc4c3C[N+](C)(C1)C2. The number of nitrogens with zero attached hydrogens (tertiary/aromatic N) is 3. The lowest BCUT2D eigenvalue weighted by Crippen LogP contribution is -2.81. The van der Waals surface area contributed by atoms with E-state index in [4.69, 9.17) is 18.9 Å². The smallest absolute Gasteiger partial charge is 0.344 e. The Morgan fingerprint density at radius 3 is 2.47 bits per heavy atom. The molecule has 3 aromatic rings. The fraction of sp³-hybridized carbons (Fsp3) is 0.543. The summed E-state index contributed by atoms with van der Waals surface area (Å²) in [6.07, 6.45) is 7.73. The Balaban J connectivity index is 1.38. The minimum Gasteiger partial charge on any atom is -0.496 e. The molecule has 2 fully saturated rings. The van der Waals surface area contributed by atoms with Gasteiger partial charge in [-0.3, -0.25) is 14.5 Å². The Hall–Kier alpha value is -4.65. The van der Waals surface area contributed by atoms with E-state index in [9.17, 15) is 14.7 Å². The van der Waals surface area contributed by atoms with Crippen LogP contribution in [-0.4, -0.2) is 123 Å². The molecule has 12 heteroatoms. The number of ether oxygens (including phenoxy) is 4. The van der Waals surface area contributed by atoms with Crippen LogP contribution in [-0.2, 0) is 46.0 Å². The summed E-state index contributed by atoms with van der Waals surface area (Å²) < 4.78 is 24.8. The van der Waals surface area contributed by atoms with E-state index in [2.05, 4.69) is 66.3 Å². The second kappa shape index (κ2) is 13.2. The van der Waals surface area contributed by atoms with Crippen LogP contribution >= 0.6 is 0 Å². The molecule has 2 N–H and O–H groups in total. The second-order valence-corrected chi connectivity index (χ2v) is 18.1. The average Bonchev–Trinajstić information content (AvgIpc) is 3.86. The Labute approximate surface area is 340 Å². The molecule has 12 nitrogen and oxygen atoms in total. The molecule has 2 aromatic carbocycles. The number of benzene rings is 2. The third kappa shape index (κ3) is 4.82. The maximum absolute atomic E-state index is 15.3. The predicted molar refractivity (Wildman–Crippen MR) is 218 cm³/mol. The number of methoxy groups -OCH3 is 3. The molecule has 1 aromatic heterocycles. The quantitative estimate of drug-likeness (QED) is 0.148. The number of hydrogen-bond donors (Lipinski definition) is 2. The Bertz CT molecular complexity index is 2300. The fourth-order valence-corrected chi connectivity index (χ4v) is 13.4. The number of esters is 3. The number of hydrogen-bond acceptors (Lipinski definition) is 10. The topological polar surface area (TPSA) is 131 Å². The molecule has 9 rings (SSSR count). The minimum absolute atomic E-state index is 0.0423. The highest BCUT2D eigenvalue weighted by atomic mass is 16.6. The molecule has 0 radical (unpaired) electrons. The minimum atomic E-state index is -2.28. The maximum Gasteiger partial charge on any atom is 0.344 e. The van der Waals surface area contributed by atoms with Crippen molar-refractivity contribution in [1.29, 1.82) is 0 Å². The van der Waals surface area contributed by atoms with Crippen LogP contribution in [0.5, 0.6) is 5.75 Å². The number of rotatable bonds is 7. The molecular formula is C46H57N4O8+. The van der Waals surface area contributed by atoms with Crippen LogP contribution in [0.1, 0.15) is 68.8 Å². The molecule has 1 saturated carbocycles. The molecule has 5 aliphatic heterocycles. The van der Waals surface area contributed by atoms with Crippen LogP contribution in [0.3, 0.4) is 0 Å². The van der Waals surface area contributed by atoms with Gasteiger partial charge in [0.05, 0.1) is 41.0 Å². The molecule has 6 aliphatic rings. The largest absolute Gasteiger partial charge is 0.496 e. The van der Waals surface area contributed by atoms with E-state index in [1.165, 1.54) is 26.7 Å². The summed E-state index contributed by atoms with van der Waals surface area (Å²) >= 11 is 0. The van der Waals surface area contributed by atoms with Gasteiger partial charge in [0, 0.05) is 82.8 Å². The van der Waals surface area contributed by atoms with Crippen molar-refractivity contribution in [2.45, 2.75) is 87.6 Å². The lowest BCUT2D eigenvalue weighted by atomic mass is 9.47. The van der Waals surface area contributed by atoms with E-state index in [-0.39, 0.29) is 17.9 Å². The molecule has 6 heterocycles. The third-order valence-corrected chi connectivity index (χ3v) is 15.3. The number of carbonyl (C=O) groups is 3. The highest BCUT2D eigenvalue weighted by Gasteiger charge is 2.80. The van der Waals surface area contributed by atoms with Gasteiger partial charge >= 0.3 is 17.9 Å². The van der Waals surface area contributed by atoms with Crippen LogP contribution in [0, 0.1) is 11.3 Å². The van der Waals surface area contributed by atoms with E-state index in [1.807, 2.05) is 31.0 Å². The molecule has 2 unspecified atom stereocenters. The van der Waals surface area contributed by atoms with Gasteiger partial charge in [0.1, 0.15) is 24.3 Å². The first-order chi connectivity index (χ1) is 27.7. The lowest BCUT2D eigenvalue weighted by molar-refractivity contribution is -0.922. The second-order valence-electron chi connectivity index (χ2n) is 18.1. The van der Waals surface area contributed by atoms with Gasteiger partial charge in [-0.15, -0.1) is 0 Å². The van der Waals surface area contributed by atoms with Gasteiger partial charge in [-0.2, -0.15) is 0 Å². The standard InChI is InChI=1S/C46H57N4O8/c1-9-28-20-29-23-45(41(52)56-7,37-31(26-50(5,24-28)25-29)30-14-11-12-15-34(30)47-37)33-21-32-35(22-36(33)55-6)48(4)39-44(32)17-19-49-18-13-16-43(10-2,38(44)49)40(58-27(3)51)46(39,54)42(53)57-8/h11-16,20-22,29,38-40,47,54H,9-10,17-19,23-26H2,1-8H3/q+1/t29?,38-,39+,40+,43+,44+,45-,46-,50?/m0/s1. The molecule has 1 spiro atoms. The van der Waals surface area contributed by atoms with E-state index in [0.29, 0.717) is 43.7 Å². The van der Waals surface area contributed by atoms with Crippen molar-refractivity contribution >= 4 is 34.5 Å². The maximum atomic E-state index is 15.3. The zero-order chi connectivity index (χ0) is 41.2. The van der Waals surface area contributed by atoms with Crippen molar-refractivity contribution in [1.82, 2.24) is 9.88 Å². The highest BCUT2D eigenvalue weighted by molar-refractivity contribution is 5.95. The molecule has 9 atom stereocenters. The number of nitrogens with one attached hydrogen (secondary N) is 1. The summed E-state index contributed by atoms with van der Waals surface area (Å²) in [5.41, 5.74) is 1.16. The number of H-pyrrole nitrogens is 1. The first kappa shape index (κ1) is 38.8. The van der Waals surface area contributed by atoms with Gasteiger partial charge in [0.25, 0.3) is 0 Å². The Morgan fingerprint density at radius 1 is 1.02 bits per heavy atom. The highest BCUT2D eigenvalue weighted by Crippen LogP contribution is 2.68. The van der Waals surface area contributed by atoms with Crippen LogP contribution in [0.25, 0.3) is 10.9 Å². The van der Waals surface area contributed by atoms with Crippen LogP contribution in [0.15, 0.2) is 60.2 Å². The van der Waals surface area contributed by atoms with Crippen molar-refractivity contribution in [3.8, 4) is 5.75 Å².